The summed E-state index contributed by atoms with van der Waals surface area (Å²) in [5.41, 5.74) is 8.60. The second kappa shape index (κ2) is 3.38. The molecule has 2 N–H and O–H groups in total. The number of aryl methyl sites for hydroxylation is 2. The minimum Gasteiger partial charge on any atom is -0.461 e. The summed E-state index contributed by atoms with van der Waals surface area (Å²) in [6.45, 7) is 5.77. The van der Waals surface area contributed by atoms with Crippen molar-refractivity contribution in [3.63, 3.8) is 0 Å². The highest BCUT2D eigenvalue weighted by Gasteiger charge is 2.11. The molecule has 0 radical (unpaired) electrons. The number of hydrogen-bond acceptors (Lipinski definition) is 4. The van der Waals surface area contributed by atoms with Crippen LogP contribution in [0.2, 0.25) is 0 Å². The van der Waals surface area contributed by atoms with E-state index >= 15 is 0 Å². The molecule has 0 amide bonds. The van der Waals surface area contributed by atoms with Gasteiger partial charge in [0.15, 0.2) is 11.6 Å². The van der Waals surface area contributed by atoms with Crippen molar-refractivity contribution in [1.29, 1.82) is 0 Å². The number of anilines is 1. The van der Waals surface area contributed by atoms with E-state index in [9.17, 15) is 0 Å². The summed E-state index contributed by atoms with van der Waals surface area (Å²) in [5, 5.41) is 0. The zero-order valence-electron chi connectivity index (χ0n) is 9.03. The second-order valence-corrected chi connectivity index (χ2v) is 3.58. The van der Waals surface area contributed by atoms with E-state index in [4.69, 9.17) is 10.2 Å². The number of furan rings is 1. The van der Waals surface area contributed by atoms with Crippen LogP contribution in [0.3, 0.4) is 0 Å². The Bertz CT molecular complexity index is 479. The molecule has 0 aliphatic heterocycles. The van der Waals surface area contributed by atoms with Crippen molar-refractivity contribution in [3.8, 4) is 11.6 Å². The van der Waals surface area contributed by atoms with Crippen molar-refractivity contribution in [2.45, 2.75) is 20.8 Å². The average Bonchev–Trinajstić information content (AvgIpc) is 2.60. The maximum atomic E-state index is 5.78. The molecule has 2 heterocycles. The highest BCUT2D eigenvalue weighted by Crippen LogP contribution is 2.23. The van der Waals surface area contributed by atoms with Crippen LogP contribution in [0.4, 0.5) is 5.82 Å². The predicted molar refractivity (Wildman–Crippen MR) is 58.4 cm³/mol. The van der Waals surface area contributed by atoms with Gasteiger partial charge in [-0.15, -0.1) is 0 Å². The van der Waals surface area contributed by atoms with Crippen LogP contribution in [0.1, 0.15) is 16.8 Å². The molecule has 0 aliphatic carbocycles. The number of nitrogens with zero attached hydrogens (tertiary/aromatic N) is 2. The van der Waals surface area contributed by atoms with Gasteiger partial charge in [0.2, 0.25) is 0 Å². The molecule has 0 atom stereocenters. The van der Waals surface area contributed by atoms with E-state index in [0.717, 1.165) is 16.8 Å². The van der Waals surface area contributed by atoms with Crippen molar-refractivity contribution in [2.75, 3.05) is 5.73 Å². The summed E-state index contributed by atoms with van der Waals surface area (Å²) in [5.74, 6) is 1.75. The lowest BCUT2D eigenvalue weighted by Gasteiger charge is -2.05. The summed E-state index contributed by atoms with van der Waals surface area (Å²) in [6.07, 6.45) is 1.62. The molecule has 4 heteroatoms. The molecule has 0 unspecified atom stereocenters. The molecular formula is C11H13N3O. The van der Waals surface area contributed by atoms with Crippen LogP contribution < -0.4 is 5.73 Å². The first-order chi connectivity index (χ1) is 7.09. The highest BCUT2D eigenvalue weighted by molar-refractivity contribution is 5.56. The number of hydrogen-bond donors (Lipinski definition) is 1. The van der Waals surface area contributed by atoms with Gasteiger partial charge in [-0.05, 0) is 32.4 Å². The molecule has 0 fully saturated rings. The lowest BCUT2D eigenvalue weighted by molar-refractivity contribution is 0.575. The van der Waals surface area contributed by atoms with Gasteiger partial charge >= 0.3 is 0 Å². The summed E-state index contributed by atoms with van der Waals surface area (Å²) in [4.78, 5) is 8.56. The molecule has 0 saturated heterocycles. The molecule has 15 heavy (non-hydrogen) atoms. The van der Waals surface area contributed by atoms with Gasteiger partial charge in [-0.1, -0.05) is 0 Å². The Balaban J connectivity index is 2.60. The van der Waals surface area contributed by atoms with E-state index in [2.05, 4.69) is 9.97 Å². The Morgan fingerprint density at radius 3 is 2.47 bits per heavy atom. The maximum absolute atomic E-state index is 5.78. The molecule has 0 bridgehead atoms. The minimum absolute atomic E-state index is 0.508. The summed E-state index contributed by atoms with van der Waals surface area (Å²) >= 11 is 0. The van der Waals surface area contributed by atoms with Crippen LogP contribution in [-0.2, 0) is 0 Å². The first-order valence-electron chi connectivity index (χ1n) is 4.74. The second-order valence-electron chi connectivity index (χ2n) is 3.58. The van der Waals surface area contributed by atoms with Crippen molar-refractivity contribution >= 4 is 5.82 Å². The Morgan fingerprint density at radius 2 is 1.93 bits per heavy atom. The van der Waals surface area contributed by atoms with Crippen LogP contribution in [-0.4, -0.2) is 9.97 Å². The van der Waals surface area contributed by atoms with Gasteiger partial charge in [0.25, 0.3) is 0 Å². The van der Waals surface area contributed by atoms with Gasteiger partial charge in [0.1, 0.15) is 5.82 Å². The fourth-order valence-corrected chi connectivity index (χ4v) is 1.35. The molecule has 2 aromatic heterocycles. The quantitative estimate of drug-likeness (QED) is 0.772. The van der Waals surface area contributed by atoms with E-state index in [1.54, 1.807) is 6.26 Å². The number of rotatable bonds is 1. The van der Waals surface area contributed by atoms with Crippen LogP contribution in [0.5, 0.6) is 0 Å². The third-order valence-electron chi connectivity index (χ3n) is 2.49. The van der Waals surface area contributed by atoms with E-state index in [0.29, 0.717) is 17.4 Å². The molecule has 2 rings (SSSR count). The first kappa shape index (κ1) is 9.71. The zero-order valence-corrected chi connectivity index (χ0v) is 9.03. The normalized spacial score (nSPS) is 10.6. The van der Waals surface area contributed by atoms with Crippen LogP contribution >= 0.6 is 0 Å². The van der Waals surface area contributed by atoms with Gasteiger partial charge in [0, 0.05) is 11.3 Å². The van der Waals surface area contributed by atoms with Crippen molar-refractivity contribution in [3.05, 3.63) is 29.2 Å². The lowest BCUT2D eigenvalue weighted by atomic mass is 10.2. The van der Waals surface area contributed by atoms with Gasteiger partial charge in [-0.2, -0.15) is 0 Å². The maximum Gasteiger partial charge on any atom is 0.198 e. The van der Waals surface area contributed by atoms with Gasteiger partial charge < -0.3 is 10.2 Å². The van der Waals surface area contributed by atoms with Crippen molar-refractivity contribution < 1.29 is 4.42 Å². The van der Waals surface area contributed by atoms with Gasteiger partial charge in [-0.25, -0.2) is 9.97 Å². The third-order valence-corrected chi connectivity index (χ3v) is 2.49. The average molecular weight is 203 g/mol. The first-order valence-corrected chi connectivity index (χ1v) is 4.74. The molecule has 2 aromatic rings. The predicted octanol–water partition coefficient (Wildman–Crippen LogP) is 2.24. The number of nitrogens with two attached hydrogens (primary N) is 1. The molecule has 4 nitrogen and oxygen atoms in total. The number of aromatic nitrogens is 2. The Labute approximate surface area is 88.2 Å². The molecule has 0 spiro atoms. The van der Waals surface area contributed by atoms with E-state index in [-0.39, 0.29) is 0 Å². The number of nitrogen functional groups attached to an aromatic ring is 1. The molecule has 0 aromatic carbocycles. The van der Waals surface area contributed by atoms with E-state index < -0.39 is 0 Å². The van der Waals surface area contributed by atoms with E-state index in [1.165, 1.54) is 0 Å². The molecule has 78 valence electrons. The lowest BCUT2D eigenvalue weighted by Crippen LogP contribution is -2.02. The van der Waals surface area contributed by atoms with E-state index in [1.807, 2.05) is 26.8 Å². The smallest absolute Gasteiger partial charge is 0.198 e. The highest BCUT2D eigenvalue weighted by atomic mass is 16.3. The van der Waals surface area contributed by atoms with Gasteiger partial charge in [-0.3, -0.25) is 0 Å². The largest absolute Gasteiger partial charge is 0.461 e. The summed E-state index contributed by atoms with van der Waals surface area (Å²) in [7, 11) is 0. The fourth-order valence-electron chi connectivity index (χ4n) is 1.35. The monoisotopic (exact) mass is 203 g/mol. The molecular weight excluding hydrogens is 190 g/mol. The fraction of sp³-hybridized carbons (Fsp3) is 0.273. The van der Waals surface area contributed by atoms with Crippen molar-refractivity contribution in [2.24, 2.45) is 0 Å². The Morgan fingerprint density at radius 1 is 1.20 bits per heavy atom. The van der Waals surface area contributed by atoms with Crippen molar-refractivity contribution in [1.82, 2.24) is 9.97 Å². The van der Waals surface area contributed by atoms with Gasteiger partial charge in [0.05, 0.1) is 6.26 Å². The van der Waals surface area contributed by atoms with Crippen LogP contribution in [0.15, 0.2) is 16.7 Å². The zero-order chi connectivity index (χ0) is 11.0. The molecule has 0 saturated carbocycles. The summed E-state index contributed by atoms with van der Waals surface area (Å²) in [6, 6.07) is 1.88. The van der Waals surface area contributed by atoms with Crippen LogP contribution in [0, 0.1) is 20.8 Å². The standard InChI is InChI=1S/C11H13N3O/c1-6-4-5-15-9(6)11-13-8(3)7(2)10(12)14-11/h4-5H,1-3H3,(H2,12,13,14). The molecule has 0 aliphatic rings. The Kier molecular flexibility index (Phi) is 2.19. The summed E-state index contributed by atoms with van der Waals surface area (Å²) < 4.78 is 5.32. The topological polar surface area (TPSA) is 64.9 Å². The minimum atomic E-state index is 0.508. The Hall–Kier alpha value is -1.84. The van der Waals surface area contributed by atoms with Crippen LogP contribution in [0.25, 0.3) is 11.6 Å². The SMILES string of the molecule is Cc1ccoc1-c1nc(C)c(C)c(N)n1. The third kappa shape index (κ3) is 1.58.